The fourth-order valence-electron chi connectivity index (χ4n) is 4.89. The molecule has 2 aliphatic carbocycles. The highest BCUT2D eigenvalue weighted by Crippen LogP contribution is 2.55. The van der Waals surface area contributed by atoms with E-state index in [0.29, 0.717) is 0 Å². The van der Waals surface area contributed by atoms with Gasteiger partial charge < -0.3 is 4.43 Å². The molecule has 0 saturated heterocycles. The Morgan fingerprint density at radius 3 is 2.43 bits per heavy atom. The van der Waals surface area contributed by atoms with Crippen molar-refractivity contribution in [1.29, 1.82) is 0 Å². The summed E-state index contributed by atoms with van der Waals surface area (Å²) in [6, 6.07) is 14.6. The highest BCUT2D eigenvalue weighted by Gasteiger charge is 2.53. The summed E-state index contributed by atoms with van der Waals surface area (Å²) in [5.74, 6) is 0.772. The summed E-state index contributed by atoms with van der Waals surface area (Å²) in [7, 11) is -1.58. The Morgan fingerprint density at radius 2 is 1.78 bits per heavy atom. The summed E-state index contributed by atoms with van der Waals surface area (Å²) in [5, 5.41) is 0. The summed E-state index contributed by atoms with van der Waals surface area (Å²) in [4.78, 5) is 0. The Kier molecular flexibility index (Phi) is 5.12. The SMILES string of the molecule is CC[Si](CC)(CC)O[C@]12CCC[C@H]1CC/C2=C\c1ccccc1. The standard InChI is InChI=1S/C21H32OSi/c1-4-23(5-2,6-3)22-21-16-10-13-19(21)14-15-20(21)17-18-11-8-7-9-12-18/h7-9,11-12,17,19H,4-6,10,13-16H2,1-3H3/b20-17+/t19-,21+/m0/s1. The van der Waals surface area contributed by atoms with Gasteiger partial charge in [0.2, 0.25) is 0 Å². The van der Waals surface area contributed by atoms with Crippen molar-refractivity contribution in [2.24, 2.45) is 5.92 Å². The highest BCUT2D eigenvalue weighted by molar-refractivity contribution is 6.73. The predicted octanol–water partition coefficient (Wildman–Crippen LogP) is 6.42. The molecule has 0 amide bonds. The zero-order valence-electron chi connectivity index (χ0n) is 15.1. The Hall–Kier alpha value is -0.863. The topological polar surface area (TPSA) is 9.23 Å². The van der Waals surface area contributed by atoms with Crippen LogP contribution < -0.4 is 0 Å². The molecule has 1 nitrogen and oxygen atoms in total. The van der Waals surface area contributed by atoms with Gasteiger partial charge in [0.25, 0.3) is 0 Å². The third kappa shape index (κ3) is 3.08. The fourth-order valence-corrected chi connectivity index (χ4v) is 7.99. The van der Waals surface area contributed by atoms with Crippen molar-refractivity contribution in [3.63, 3.8) is 0 Å². The Balaban J connectivity index is 1.96. The summed E-state index contributed by atoms with van der Waals surface area (Å²) in [6.07, 6.45) is 8.99. The third-order valence-electron chi connectivity index (χ3n) is 6.54. The number of hydrogen-bond acceptors (Lipinski definition) is 1. The molecule has 0 aromatic heterocycles. The first-order valence-corrected chi connectivity index (χ1v) is 12.2. The van der Waals surface area contributed by atoms with Gasteiger partial charge in [-0.1, -0.05) is 57.2 Å². The van der Waals surface area contributed by atoms with E-state index in [9.17, 15) is 0 Å². The first kappa shape index (κ1) is 17.0. The van der Waals surface area contributed by atoms with E-state index in [2.05, 4.69) is 57.2 Å². The van der Waals surface area contributed by atoms with E-state index in [-0.39, 0.29) is 5.60 Å². The first-order chi connectivity index (χ1) is 11.2. The molecule has 1 aromatic rings. The van der Waals surface area contributed by atoms with Crippen molar-refractivity contribution < 1.29 is 4.43 Å². The van der Waals surface area contributed by atoms with Crippen LogP contribution in [0.4, 0.5) is 0 Å². The van der Waals surface area contributed by atoms with E-state index in [1.807, 2.05) is 0 Å². The summed E-state index contributed by atoms with van der Waals surface area (Å²) in [6.45, 7) is 7.07. The maximum atomic E-state index is 7.21. The first-order valence-electron chi connectivity index (χ1n) is 9.64. The zero-order chi connectivity index (χ0) is 16.3. The van der Waals surface area contributed by atoms with Crippen molar-refractivity contribution in [2.45, 2.75) is 76.6 Å². The lowest BCUT2D eigenvalue weighted by molar-refractivity contribution is 0.0736. The Bertz CT molecular complexity index is 538. The summed E-state index contributed by atoms with van der Waals surface area (Å²) >= 11 is 0. The normalized spacial score (nSPS) is 29.2. The van der Waals surface area contributed by atoms with Crippen LogP contribution in [-0.2, 0) is 4.43 Å². The average Bonchev–Trinajstić information content (AvgIpc) is 3.14. The van der Waals surface area contributed by atoms with Gasteiger partial charge in [0, 0.05) is 0 Å². The molecule has 0 radical (unpaired) electrons. The molecule has 0 spiro atoms. The van der Waals surface area contributed by atoms with Crippen LogP contribution in [0.3, 0.4) is 0 Å². The lowest BCUT2D eigenvalue weighted by atomic mass is 9.90. The van der Waals surface area contributed by atoms with Crippen LogP contribution in [0, 0.1) is 5.92 Å². The van der Waals surface area contributed by atoms with Gasteiger partial charge in [-0.3, -0.25) is 0 Å². The van der Waals surface area contributed by atoms with E-state index in [1.165, 1.54) is 55.8 Å². The van der Waals surface area contributed by atoms with Crippen molar-refractivity contribution in [3.05, 3.63) is 41.5 Å². The maximum absolute atomic E-state index is 7.21. The molecule has 2 fully saturated rings. The number of hydrogen-bond donors (Lipinski definition) is 0. The van der Waals surface area contributed by atoms with Crippen LogP contribution in [0.25, 0.3) is 6.08 Å². The van der Waals surface area contributed by atoms with Gasteiger partial charge in [-0.25, -0.2) is 0 Å². The Morgan fingerprint density at radius 1 is 1.09 bits per heavy atom. The second-order valence-electron chi connectivity index (χ2n) is 7.44. The predicted molar refractivity (Wildman–Crippen MR) is 102 cm³/mol. The molecule has 0 heterocycles. The van der Waals surface area contributed by atoms with Crippen LogP contribution in [0.15, 0.2) is 35.9 Å². The molecule has 0 bridgehead atoms. The van der Waals surface area contributed by atoms with Gasteiger partial charge in [-0.2, -0.15) is 0 Å². The molecule has 3 rings (SSSR count). The van der Waals surface area contributed by atoms with Crippen LogP contribution in [0.1, 0.15) is 58.4 Å². The highest BCUT2D eigenvalue weighted by atomic mass is 28.4. The minimum atomic E-state index is -1.58. The molecule has 1 aromatic carbocycles. The minimum Gasteiger partial charge on any atom is -0.407 e. The van der Waals surface area contributed by atoms with Crippen LogP contribution in [0.2, 0.25) is 18.1 Å². The monoisotopic (exact) mass is 328 g/mol. The molecule has 0 aliphatic heterocycles. The second kappa shape index (κ2) is 6.94. The van der Waals surface area contributed by atoms with Gasteiger partial charge in [0.1, 0.15) is 0 Å². The van der Waals surface area contributed by atoms with Gasteiger partial charge in [-0.15, -0.1) is 0 Å². The van der Waals surface area contributed by atoms with E-state index in [4.69, 9.17) is 4.43 Å². The molecule has 126 valence electrons. The largest absolute Gasteiger partial charge is 0.407 e. The van der Waals surface area contributed by atoms with Crippen molar-refractivity contribution in [2.75, 3.05) is 0 Å². The number of rotatable bonds is 6. The van der Waals surface area contributed by atoms with Crippen LogP contribution in [-0.4, -0.2) is 13.9 Å². The lowest BCUT2D eigenvalue weighted by Crippen LogP contribution is -2.48. The molecule has 2 aliphatic rings. The minimum absolute atomic E-state index is 0.0874. The molecule has 23 heavy (non-hydrogen) atoms. The smallest absolute Gasteiger partial charge is 0.193 e. The molecule has 0 N–H and O–H groups in total. The van der Waals surface area contributed by atoms with Crippen LogP contribution >= 0.6 is 0 Å². The van der Waals surface area contributed by atoms with Gasteiger partial charge >= 0.3 is 0 Å². The zero-order valence-corrected chi connectivity index (χ0v) is 16.1. The van der Waals surface area contributed by atoms with E-state index in [0.717, 1.165) is 5.92 Å². The van der Waals surface area contributed by atoms with Crippen molar-refractivity contribution in [3.8, 4) is 0 Å². The third-order valence-corrected chi connectivity index (χ3v) is 11.2. The molecule has 2 heteroatoms. The summed E-state index contributed by atoms with van der Waals surface area (Å²) in [5.41, 5.74) is 3.03. The van der Waals surface area contributed by atoms with Gasteiger partial charge in [0.15, 0.2) is 8.32 Å². The van der Waals surface area contributed by atoms with Gasteiger partial charge in [0.05, 0.1) is 5.60 Å². The van der Waals surface area contributed by atoms with E-state index in [1.54, 1.807) is 5.57 Å². The van der Waals surface area contributed by atoms with E-state index >= 15 is 0 Å². The molecule has 2 saturated carbocycles. The second-order valence-corrected chi connectivity index (χ2v) is 12.1. The Labute approximate surface area is 143 Å². The summed E-state index contributed by atoms with van der Waals surface area (Å²) < 4.78 is 7.21. The van der Waals surface area contributed by atoms with Crippen molar-refractivity contribution >= 4 is 14.4 Å². The molecule has 0 unspecified atom stereocenters. The van der Waals surface area contributed by atoms with Gasteiger partial charge in [-0.05, 0) is 67.3 Å². The van der Waals surface area contributed by atoms with Crippen LogP contribution in [0.5, 0.6) is 0 Å². The lowest BCUT2D eigenvalue weighted by Gasteiger charge is -2.42. The quantitative estimate of drug-likeness (QED) is 0.547. The average molecular weight is 329 g/mol. The fraction of sp³-hybridized carbons (Fsp3) is 0.619. The molecule has 2 atom stereocenters. The molecular weight excluding hydrogens is 296 g/mol. The number of benzene rings is 1. The molecular formula is C21H32OSi. The maximum Gasteiger partial charge on any atom is 0.193 e. The van der Waals surface area contributed by atoms with E-state index < -0.39 is 8.32 Å². The number of fused-ring (bicyclic) bond motifs is 1. The van der Waals surface area contributed by atoms with Crippen molar-refractivity contribution in [1.82, 2.24) is 0 Å².